The highest BCUT2D eigenvalue weighted by molar-refractivity contribution is 5.82. The molecule has 1 amide bonds. The normalized spacial score (nSPS) is 53.8. The lowest BCUT2D eigenvalue weighted by Gasteiger charge is -2.61. The molecule has 3 heterocycles. The number of piperidine rings is 1. The number of carbonyl (C=O) groups is 1. The first-order chi connectivity index (χ1) is 22.6. The number of aliphatic hydroxyl groups excluding tert-OH is 2. The average Bonchev–Trinajstić information content (AvgIpc) is 3.67. The molecule has 5 aliphatic carbocycles. The lowest BCUT2D eigenvalue weighted by molar-refractivity contribution is -0.235. The monoisotopic (exact) mass is 672 g/mol. The zero-order valence-corrected chi connectivity index (χ0v) is 30.6. The second kappa shape index (κ2) is 11.3. The van der Waals surface area contributed by atoms with E-state index in [0.717, 1.165) is 58.0 Å². The third kappa shape index (κ3) is 4.62. The highest BCUT2D eigenvalue weighted by Crippen LogP contribution is 2.86. The minimum atomic E-state index is -1.26. The lowest BCUT2D eigenvalue weighted by Crippen LogP contribution is -2.58. The summed E-state index contributed by atoms with van der Waals surface area (Å²) in [6.07, 6.45) is 6.93. The van der Waals surface area contributed by atoms with Gasteiger partial charge in [0.1, 0.15) is 6.10 Å². The van der Waals surface area contributed by atoms with Gasteiger partial charge in [-0.2, -0.15) is 0 Å². The molecule has 3 saturated heterocycles. The number of hydrogen-bond donors (Lipinski definition) is 4. The Morgan fingerprint density at radius 2 is 1.79 bits per heavy atom. The third-order valence-corrected chi connectivity index (χ3v) is 16.8. The number of morpholine rings is 1. The van der Waals surface area contributed by atoms with Crippen molar-refractivity contribution in [3.05, 3.63) is 0 Å². The minimum Gasteiger partial charge on any atom is -0.390 e. The summed E-state index contributed by atoms with van der Waals surface area (Å²) in [7, 11) is 0. The molecule has 0 aromatic carbocycles. The Labute approximate surface area is 288 Å². The second-order valence-electron chi connectivity index (χ2n) is 19.4. The zero-order chi connectivity index (χ0) is 34.2. The molecule has 8 fully saturated rings. The van der Waals surface area contributed by atoms with Crippen LogP contribution in [-0.2, 0) is 19.0 Å². The zero-order valence-electron chi connectivity index (χ0n) is 30.6. The molecule has 0 aromatic heterocycles. The second-order valence-corrected chi connectivity index (χ2v) is 19.4. The van der Waals surface area contributed by atoms with Gasteiger partial charge in [-0.05, 0) is 123 Å². The fraction of sp³-hybridized carbons (Fsp3) is 0.974. The Morgan fingerprint density at radius 3 is 2.52 bits per heavy atom. The van der Waals surface area contributed by atoms with E-state index in [4.69, 9.17) is 14.2 Å². The molecule has 48 heavy (non-hydrogen) atoms. The summed E-state index contributed by atoms with van der Waals surface area (Å²) in [5.41, 5.74) is -1.27. The maximum Gasteiger partial charge on any atom is 0.237 e. The van der Waals surface area contributed by atoms with E-state index >= 15 is 0 Å². The van der Waals surface area contributed by atoms with Gasteiger partial charge in [0.05, 0.1) is 49.2 Å². The molecule has 272 valence electrons. The number of hydrogen-bond acceptors (Lipinski definition) is 8. The van der Waals surface area contributed by atoms with Crippen LogP contribution in [0.15, 0.2) is 0 Å². The van der Waals surface area contributed by atoms with Crippen LogP contribution < -0.4 is 5.32 Å². The van der Waals surface area contributed by atoms with Gasteiger partial charge in [-0.15, -0.1) is 0 Å². The number of carbonyl (C=O) groups excluding carboxylic acids is 1. The van der Waals surface area contributed by atoms with Crippen molar-refractivity contribution in [3.8, 4) is 0 Å². The summed E-state index contributed by atoms with van der Waals surface area (Å²) < 4.78 is 19.8. The predicted molar refractivity (Wildman–Crippen MR) is 181 cm³/mol. The van der Waals surface area contributed by atoms with Gasteiger partial charge in [-0.25, -0.2) is 0 Å². The summed E-state index contributed by atoms with van der Waals surface area (Å²) in [5, 5.41) is 37.2. The smallest absolute Gasteiger partial charge is 0.237 e. The number of aliphatic hydroxyl groups is 3. The first-order valence-corrected chi connectivity index (χ1v) is 19.6. The maximum atomic E-state index is 12.6. The number of ether oxygens (including phenoxy) is 3. The van der Waals surface area contributed by atoms with Crippen molar-refractivity contribution in [3.63, 3.8) is 0 Å². The van der Waals surface area contributed by atoms with E-state index in [9.17, 15) is 20.1 Å². The first-order valence-electron chi connectivity index (χ1n) is 19.6. The molecule has 4 N–H and O–H groups in total. The van der Waals surface area contributed by atoms with Crippen molar-refractivity contribution in [2.45, 2.75) is 155 Å². The van der Waals surface area contributed by atoms with Gasteiger partial charge in [0.25, 0.3) is 0 Å². The topological polar surface area (TPSA) is 121 Å². The Balaban J connectivity index is 1.01. The molecule has 5 saturated carbocycles. The van der Waals surface area contributed by atoms with Gasteiger partial charge < -0.3 is 34.8 Å². The van der Waals surface area contributed by atoms with Gasteiger partial charge in [-0.1, -0.05) is 34.6 Å². The fourth-order valence-electron chi connectivity index (χ4n) is 14.3. The Hall–Kier alpha value is -0.810. The van der Waals surface area contributed by atoms with E-state index in [0.29, 0.717) is 49.2 Å². The molecular formula is C39H64N2O7. The van der Waals surface area contributed by atoms with Crippen molar-refractivity contribution in [1.29, 1.82) is 0 Å². The Morgan fingerprint density at radius 1 is 1.04 bits per heavy atom. The van der Waals surface area contributed by atoms with Crippen LogP contribution in [0, 0.1) is 57.2 Å². The molecule has 3 aliphatic heterocycles. The van der Waals surface area contributed by atoms with Crippen molar-refractivity contribution in [1.82, 2.24) is 10.2 Å². The molecule has 0 bridgehead atoms. The highest BCUT2D eigenvalue weighted by Gasteiger charge is 2.83. The summed E-state index contributed by atoms with van der Waals surface area (Å²) >= 11 is 0. The van der Waals surface area contributed by atoms with Crippen LogP contribution in [-0.4, -0.2) is 101 Å². The molecule has 1 spiro atoms. The van der Waals surface area contributed by atoms with E-state index in [1.54, 1.807) is 13.8 Å². The van der Waals surface area contributed by atoms with E-state index < -0.39 is 23.9 Å². The van der Waals surface area contributed by atoms with Crippen LogP contribution in [0.25, 0.3) is 0 Å². The van der Waals surface area contributed by atoms with Crippen molar-refractivity contribution in [2.75, 3.05) is 26.2 Å². The molecule has 9 nitrogen and oxygen atoms in total. The minimum absolute atomic E-state index is 0.00373. The largest absolute Gasteiger partial charge is 0.390 e. The van der Waals surface area contributed by atoms with E-state index in [1.807, 2.05) is 0 Å². The lowest BCUT2D eigenvalue weighted by atomic mass is 9.43. The van der Waals surface area contributed by atoms with Crippen molar-refractivity contribution >= 4 is 5.91 Å². The van der Waals surface area contributed by atoms with Crippen molar-refractivity contribution < 1.29 is 34.3 Å². The van der Waals surface area contributed by atoms with Crippen LogP contribution in [0.3, 0.4) is 0 Å². The van der Waals surface area contributed by atoms with Gasteiger partial charge in [0, 0.05) is 18.5 Å². The average molecular weight is 673 g/mol. The predicted octanol–water partition coefficient (Wildman–Crippen LogP) is 4.11. The number of rotatable bonds is 5. The van der Waals surface area contributed by atoms with E-state index in [1.165, 1.54) is 6.42 Å². The van der Waals surface area contributed by atoms with Gasteiger partial charge in [-0.3, -0.25) is 9.69 Å². The summed E-state index contributed by atoms with van der Waals surface area (Å²) in [4.78, 5) is 14.9. The highest BCUT2D eigenvalue weighted by atomic mass is 16.7. The molecule has 8 aliphatic rings. The number of fused-ring (bicyclic) bond motifs is 4. The molecule has 0 aromatic rings. The van der Waals surface area contributed by atoms with Crippen LogP contribution in [0.5, 0.6) is 0 Å². The summed E-state index contributed by atoms with van der Waals surface area (Å²) in [6, 6.07) is -0.0716. The quantitative estimate of drug-likeness (QED) is 0.345. The standard InChI is InChI=1S/C39H64N2O7/c1-21-19-25(32(42)36(4,5)45)47-31-29(21)37(6)14-15-39-23-11-13-27(48-28-20-41(17-18-46-28)24-9-8-16-40-34(24)44)35(2,3)22(30(23)39)10-12-26(39)38(37,7)33(31)43/h21-33,42-43,45H,8-20H2,1-7H3,(H,40,44). The van der Waals surface area contributed by atoms with E-state index in [2.05, 4.69) is 44.8 Å². The van der Waals surface area contributed by atoms with E-state index in [-0.39, 0.29) is 58.0 Å². The van der Waals surface area contributed by atoms with Crippen LogP contribution >= 0.6 is 0 Å². The molecule has 8 rings (SSSR count). The molecule has 9 heteroatoms. The van der Waals surface area contributed by atoms with Gasteiger partial charge >= 0.3 is 0 Å². The molecule has 16 unspecified atom stereocenters. The Bertz CT molecular complexity index is 1270. The van der Waals surface area contributed by atoms with Gasteiger partial charge in [0.15, 0.2) is 6.29 Å². The fourth-order valence-corrected chi connectivity index (χ4v) is 14.3. The number of nitrogens with zero attached hydrogens (tertiary/aromatic N) is 1. The number of nitrogens with one attached hydrogen (secondary N) is 1. The SMILES string of the molecule is CC1CC(C(O)C(C)(C)O)OC2C1C1(C)CCC34C5CCC(OC6CN(C7CCCNC7=O)CCO6)C(C)(C)C(CCC3C1(C)C2O)C54. The van der Waals surface area contributed by atoms with Crippen LogP contribution in [0.4, 0.5) is 0 Å². The maximum absolute atomic E-state index is 12.6. The third-order valence-electron chi connectivity index (χ3n) is 16.8. The van der Waals surface area contributed by atoms with Crippen LogP contribution in [0.1, 0.15) is 106 Å². The first kappa shape index (κ1) is 34.3. The number of amides is 1. The Kier molecular flexibility index (Phi) is 8.10. The van der Waals surface area contributed by atoms with Crippen LogP contribution in [0.2, 0.25) is 0 Å². The van der Waals surface area contributed by atoms with Gasteiger partial charge in [0.2, 0.25) is 5.91 Å². The molecular weight excluding hydrogens is 608 g/mol. The summed E-state index contributed by atoms with van der Waals surface area (Å²) in [5.74, 6) is 3.04. The van der Waals surface area contributed by atoms with Crippen molar-refractivity contribution in [2.24, 2.45) is 57.2 Å². The molecule has 0 radical (unpaired) electrons. The summed E-state index contributed by atoms with van der Waals surface area (Å²) in [6.45, 7) is 18.2. The molecule has 16 atom stereocenters.